The Balaban J connectivity index is 1.38. The highest BCUT2D eigenvalue weighted by molar-refractivity contribution is 6.76. The molecule has 2 aliphatic heterocycles. The Morgan fingerprint density at radius 3 is 2.36 bits per heavy atom. The second-order valence-corrected chi connectivity index (χ2v) is 25.1. The zero-order valence-electron chi connectivity index (χ0n) is 27.0. The second-order valence-electron chi connectivity index (χ2n) is 14.3. The van der Waals surface area contributed by atoms with Crippen LogP contribution in [0.3, 0.4) is 0 Å². The van der Waals surface area contributed by atoms with Crippen molar-refractivity contribution in [2.45, 2.75) is 95.7 Å². The highest BCUT2D eigenvalue weighted by Gasteiger charge is 2.52. The number of ether oxygens (including phenoxy) is 4. The molecule has 5 rings (SSSR count). The number of aromatic nitrogens is 3. The lowest BCUT2D eigenvalue weighted by atomic mass is 10.1. The van der Waals surface area contributed by atoms with Gasteiger partial charge in [0.25, 0.3) is 5.91 Å². The van der Waals surface area contributed by atoms with Crippen LogP contribution in [0.2, 0.25) is 48.8 Å². The molecule has 0 aliphatic carbocycles. The molecule has 2 aliphatic rings. The van der Waals surface area contributed by atoms with Crippen LogP contribution in [0, 0.1) is 0 Å². The third-order valence-corrected chi connectivity index (χ3v) is 15.1. The maximum Gasteiger partial charge on any atom is 0.301 e. The molecule has 4 atom stereocenters. The van der Waals surface area contributed by atoms with Crippen molar-refractivity contribution >= 4 is 50.9 Å². The smallest absolute Gasteiger partial charge is 0.301 e. The van der Waals surface area contributed by atoms with Gasteiger partial charge in [0.2, 0.25) is 0 Å². The SMILES string of the molecule is CC(C)(C)[Si](C)(C)O[C@@H]1CO[C@H]2[C@@H]1OC[C@H]2Oc1nc2cc(Cl)c(NC(=O)c3ccccc3)nc2n1COCC[Si](C)(C)C. The minimum absolute atomic E-state index is 0.0770. The fraction of sp³-hybridized carbons (Fsp3) is 0.581. The molecule has 240 valence electrons. The summed E-state index contributed by atoms with van der Waals surface area (Å²) < 4.78 is 33.5. The number of rotatable bonds is 11. The number of benzene rings is 1. The number of pyridine rings is 1. The van der Waals surface area contributed by atoms with E-state index < -0.39 is 22.5 Å². The lowest BCUT2D eigenvalue weighted by Crippen LogP contribution is -2.47. The number of fused-ring (bicyclic) bond motifs is 2. The normalized spacial score (nSPS) is 22.4. The first-order chi connectivity index (χ1) is 20.6. The van der Waals surface area contributed by atoms with Crippen molar-refractivity contribution in [2.75, 3.05) is 25.1 Å². The molecule has 1 N–H and O–H groups in total. The number of hydrogen-bond donors (Lipinski definition) is 1. The van der Waals surface area contributed by atoms with Gasteiger partial charge < -0.3 is 28.7 Å². The molecule has 0 radical (unpaired) electrons. The quantitative estimate of drug-likeness (QED) is 0.182. The Hall–Kier alpha value is -2.33. The van der Waals surface area contributed by atoms with Crippen molar-refractivity contribution < 1.29 is 28.2 Å². The highest BCUT2D eigenvalue weighted by atomic mass is 35.5. The van der Waals surface area contributed by atoms with Crippen molar-refractivity contribution in [3.8, 4) is 6.01 Å². The van der Waals surface area contributed by atoms with E-state index in [1.54, 1.807) is 34.9 Å². The molecule has 0 bridgehead atoms. The summed E-state index contributed by atoms with van der Waals surface area (Å²) in [5, 5.41) is 3.18. The molecule has 2 aromatic heterocycles. The van der Waals surface area contributed by atoms with Crippen LogP contribution in [0.25, 0.3) is 11.2 Å². The summed E-state index contributed by atoms with van der Waals surface area (Å²) in [5.74, 6) is -0.0768. The average Bonchev–Trinajstić information content (AvgIpc) is 3.61. The molecule has 1 aromatic carbocycles. The predicted octanol–water partition coefficient (Wildman–Crippen LogP) is 6.58. The predicted molar refractivity (Wildman–Crippen MR) is 177 cm³/mol. The minimum Gasteiger partial charge on any atom is -0.456 e. The topological polar surface area (TPSA) is 106 Å². The molecule has 3 aromatic rings. The number of amides is 1. The van der Waals surface area contributed by atoms with Crippen LogP contribution in [-0.4, -0.2) is 81.1 Å². The number of nitrogens with one attached hydrogen (secondary N) is 1. The number of carbonyl (C=O) groups is 1. The van der Waals surface area contributed by atoms with Crippen LogP contribution in [0.1, 0.15) is 31.1 Å². The first kappa shape index (κ1) is 33.0. The number of nitrogens with zero attached hydrogens (tertiary/aromatic N) is 3. The van der Waals surface area contributed by atoms with E-state index in [0.717, 1.165) is 6.04 Å². The molecule has 2 saturated heterocycles. The molecular formula is C31H45ClN4O6Si2. The van der Waals surface area contributed by atoms with Gasteiger partial charge in [-0.1, -0.05) is 70.2 Å². The van der Waals surface area contributed by atoms with E-state index in [1.165, 1.54) is 0 Å². The molecule has 44 heavy (non-hydrogen) atoms. The molecule has 0 saturated carbocycles. The molecule has 13 heteroatoms. The molecule has 0 unspecified atom stereocenters. The summed E-state index contributed by atoms with van der Waals surface area (Å²) in [6, 6.07) is 11.9. The molecule has 4 heterocycles. The lowest BCUT2D eigenvalue weighted by molar-refractivity contribution is 0.00687. The first-order valence-electron chi connectivity index (χ1n) is 15.2. The minimum atomic E-state index is -2.02. The summed E-state index contributed by atoms with van der Waals surface area (Å²) in [5.41, 5.74) is 1.52. The van der Waals surface area contributed by atoms with Gasteiger partial charge in [-0.2, -0.15) is 4.98 Å². The van der Waals surface area contributed by atoms with Gasteiger partial charge in [0.1, 0.15) is 24.5 Å². The Morgan fingerprint density at radius 2 is 1.70 bits per heavy atom. The fourth-order valence-corrected chi connectivity index (χ4v) is 7.19. The summed E-state index contributed by atoms with van der Waals surface area (Å²) in [7, 11) is -3.31. The van der Waals surface area contributed by atoms with Crippen LogP contribution in [0.5, 0.6) is 6.01 Å². The first-order valence-corrected chi connectivity index (χ1v) is 22.2. The van der Waals surface area contributed by atoms with Gasteiger partial charge in [-0.15, -0.1) is 0 Å². The standard InChI is InChI=1S/C31H45ClN4O6Si2/c1-31(2,3)44(7,8)42-24-18-40-25-23(17-39-26(24)25)41-30-33-22-16-21(32)27(35-29(37)20-12-10-9-11-13-20)34-28(22)36(30)19-38-14-15-43(4,5)6/h9-13,16,23-26H,14-15,17-19H2,1-8H3,(H,34,35,37)/t23-,24-,25-,26-/m1/s1. The van der Waals surface area contributed by atoms with Gasteiger partial charge in [0.15, 0.2) is 25.9 Å². The van der Waals surface area contributed by atoms with Gasteiger partial charge in [0, 0.05) is 20.2 Å². The number of imidazole rings is 1. The Bertz CT molecular complexity index is 1470. The summed E-state index contributed by atoms with van der Waals surface area (Å²) >= 11 is 6.57. The second kappa shape index (κ2) is 12.8. The van der Waals surface area contributed by atoms with E-state index in [4.69, 9.17) is 44.9 Å². The van der Waals surface area contributed by atoms with Crippen LogP contribution in [-0.2, 0) is 25.4 Å². The van der Waals surface area contributed by atoms with Crippen molar-refractivity contribution in [1.82, 2.24) is 14.5 Å². The number of hydrogen-bond acceptors (Lipinski definition) is 8. The molecular weight excluding hydrogens is 616 g/mol. The summed E-state index contributed by atoms with van der Waals surface area (Å²) in [6.45, 7) is 19.7. The lowest BCUT2D eigenvalue weighted by Gasteiger charge is -2.39. The van der Waals surface area contributed by atoms with Gasteiger partial charge >= 0.3 is 6.01 Å². The Labute approximate surface area is 266 Å². The maximum absolute atomic E-state index is 12.9. The average molecular weight is 661 g/mol. The largest absolute Gasteiger partial charge is 0.456 e. The van der Waals surface area contributed by atoms with Crippen LogP contribution < -0.4 is 10.1 Å². The van der Waals surface area contributed by atoms with Crippen molar-refractivity contribution in [3.63, 3.8) is 0 Å². The van der Waals surface area contributed by atoms with E-state index in [1.807, 2.05) is 6.07 Å². The maximum atomic E-state index is 12.9. The van der Waals surface area contributed by atoms with Crippen molar-refractivity contribution in [3.05, 3.63) is 47.0 Å². The Morgan fingerprint density at radius 1 is 1.05 bits per heavy atom. The van der Waals surface area contributed by atoms with Gasteiger partial charge in [0.05, 0.1) is 24.3 Å². The van der Waals surface area contributed by atoms with Crippen molar-refractivity contribution in [2.24, 2.45) is 0 Å². The third kappa shape index (κ3) is 7.38. The van der Waals surface area contributed by atoms with Crippen molar-refractivity contribution in [1.29, 1.82) is 0 Å². The van der Waals surface area contributed by atoms with Crippen LogP contribution >= 0.6 is 11.6 Å². The van der Waals surface area contributed by atoms with Crippen LogP contribution in [0.4, 0.5) is 5.82 Å². The monoisotopic (exact) mass is 660 g/mol. The van der Waals surface area contributed by atoms with E-state index in [-0.39, 0.29) is 46.8 Å². The highest BCUT2D eigenvalue weighted by Crippen LogP contribution is 2.41. The molecule has 10 nitrogen and oxygen atoms in total. The summed E-state index contributed by atoms with van der Waals surface area (Å²) in [4.78, 5) is 22.3. The van der Waals surface area contributed by atoms with Gasteiger partial charge in [-0.25, -0.2) is 4.98 Å². The van der Waals surface area contributed by atoms with E-state index in [9.17, 15) is 4.79 Å². The molecule has 2 fully saturated rings. The molecule has 1 amide bonds. The Kier molecular flexibility index (Phi) is 9.63. The number of halogens is 1. The van der Waals surface area contributed by atoms with E-state index in [2.05, 4.69) is 58.8 Å². The third-order valence-electron chi connectivity index (χ3n) is 8.60. The number of carbonyl (C=O) groups excluding carboxylic acids is 1. The zero-order chi connectivity index (χ0) is 31.9. The van der Waals surface area contributed by atoms with E-state index >= 15 is 0 Å². The zero-order valence-corrected chi connectivity index (χ0v) is 29.7. The number of anilines is 1. The molecule has 0 spiro atoms. The van der Waals surface area contributed by atoms with E-state index in [0.29, 0.717) is 42.6 Å². The van der Waals surface area contributed by atoms with Crippen LogP contribution in [0.15, 0.2) is 36.4 Å². The van der Waals surface area contributed by atoms with Gasteiger partial charge in [-0.3, -0.25) is 9.36 Å². The van der Waals surface area contributed by atoms with Gasteiger partial charge in [-0.05, 0) is 42.4 Å². The fourth-order valence-electron chi connectivity index (χ4n) is 4.92. The summed E-state index contributed by atoms with van der Waals surface area (Å²) in [6.07, 6.45) is -1.04.